The molecule has 0 aliphatic rings. The Balaban J connectivity index is 2.54. The molecule has 0 N–H and O–H groups in total. The number of hydrogen-bond donors (Lipinski definition) is 0. The van der Waals surface area contributed by atoms with E-state index in [-0.39, 0.29) is 9.79 Å². The van der Waals surface area contributed by atoms with Crippen molar-refractivity contribution in [3.63, 3.8) is 0 Å². The van der Waals surface area contributed by atoms with Crippen molar-refractivity contribution in [2.24, 2.45) is 0 Å². The highest BCUT2D eigenvalue weighted by Gasteiger charge is 2.22. The first-order valence-corrected chi connectivity index (χ1v) is 8.80. The van der Waals surface area contributed by atoms with Gasteiger partial charge in [0.15, 0.2) is 9.84 Å². The highest BCUT2D eigenvalue weighted by atomic mass is 32.2. The molecule has 0 aliphatic heterocycles. The van der Waals surface area contributed by atoms with E-state index in [1.807, 2.05) is 0 Å². The van der Waals surface area contributed by atoms with Crippen molar-refractivity contribution in [2.45, 2.75) is 14.7 Å². The molecule has 0 heterocycles. The highest BCUT2D eigenvalue weighted by molar-refractivity contribution is 8.00. The summed E-state index contributed by atoms with van der Waals surface area (Å²) in [5.41, 5.74) is -0.857. The van der Waals surface area contributed by atoms with Gasteiger partial charge in [-0.2, -0.15) is 0 Å². The Kier molecular flexibility index (Phi) is 4.66. The van der Waals surface area contributed by atoms with Crippen molar-refractivity contribution in [1.82, 2.24) is 0 Å². The fraction of sp³-hybridized carbons (Fsp3) is 0.0769. The minimum atomic E-state index is -3.51. The number of rotatable bonds is 5. The van der Waals surface area contributed by atoms with E-state index < -0.39 is 31.1 Å². The maximum atomic E-state index is 11.8. The standard InChI is InChI=1S/C13H10N2O6S2/c1-23(20,21)13-5-3-2-4-12(13)22-11-7-6-9(14(16)17)8-10(11)15(18)19/h2-8H,1H3. The Hall–Kier alpha value is -2.46. The lowest BCUT2D eigenvalue weighted by atomic mass is 10.3. The lowest BCUT2D eigenvalue weighted by Crippen LogP contribution is -1.99. The van der Waals surface area contributed by atoms with E-state index in [0.29, 0.717) is 4.90 Å². The molecule has 8 nitrogen and oxygen atoms in total. The smallest absolute Gasteiger partial charge is 0.258 e. The molecule has 0 radical (unpaired) electrons. The molecule has 0 fully saturated rings. The Morgan fingerprint density at radius 1 is 0.957 bits per heavy atom. The molecule has 0 bridgehead atoms. The Labute approximate surface area is 135 Å². The average molecular weight is 354 g/mol. The number of nitro groups is 2. The van der Waals surface area contributed by atoms with Gasteiger partial charge in [0.05, 0.1) is 25.7 Å². The van der Waals surface area contributed by atoms with Crippen LogP contribution in [0.25, 0.3) is 0 Å². The second kappa shape index (κ2) is 6.34. The number of nitro benzene ring substituents is 2. The number of nitrogens with zero attached hydrogens (tertiary/aromatic N) is 2. The normalized spacial score (nSPS) is 11.2. The number of hydrogen-bond acceptors (Lipinski definition) is 7. The molecule has 0 unspecified atom stereocenters. The molecule has 0 saturated carbocycles. The summed E-state index contributed by atoms with van der Waals surface area (Å²) in [6, 6.07) is 9.30. The first-order chi connectivity index (χ1) is 10.7. The fourth-order valence-corrected chi connectivity index (χ4v) is 4.07. The molecule has 0 aromatic heterocycles. The monoisotopic (exact) mass is 354 g/mol. The molecule has 2 rings (SSSR count). The van der Waals surface area contributed by atoms with E-state index in [1.165, 1.54) is 18.2 Å². The number of benzene rings is 2. The number of sulfone groups is 1. The Morgan fingerprint density at radius 2 is 1.61 bits per heavy atom. The van der Waals surface area contributed by atoms with Crippen molar-refractivity contribution >= 4 is 33.0 Å². The Bertz CT molecular complexity index is 895. The van der Waals surface area contributed by atoms with Gasteiger partial charge in [-0.25, -0.2) is 8.42 Å². The van der Waals surface area contributed by atoms with Gasteiger partial charge in [0.2, 0.25) is 0 Å². The van der Waals surface area contributed by atoms with Crippen LogP contribution >= 0.6 is 11.8 Å². The summed E-state index contributed by atoms with van der Waals surface area (Å²) < 4.78 is 23.5. The van der Waals surface area contributed by atoms with Crippen molar-refractivity contribution < 1.29 is 18.3 Å². The van der Waals surface area contributed by atoms with Crippen molar-refractivity contribution in [2.75, 3.05) is 6.26 Å². The average Bonchev–Trinajstić information content (AvgIpc) is 2.46. The van der Waals surface area contributed by atoms with Gasteiger partial charge in [-0.3, -0.25) is 20.2 Å². The molecule has 0 saturated heterocycles. The van der Waals surface area contributed by atoms with Gasteiger partial charge in [-0.15, -0.1) is 0 Å². The van der Waals surface area contributed by atoms with Crippen molar-refractivity contribution in [3.05, 3.63) is 62.7 Å². The van der Waals surface area contributed by atoms with Crippen LogP contribution in [0.15, 0.2) is 57.2 Å². The largest absolute Gasteiger partial charge is 0.290 e. The topological polar surface area (TPSA) is 120 Å². The van der Waals surface area contributed by atoms with Gasteiger partial charge in [0, 0.05) is 17.2 Å². The van der Waals surface area contributed by atoms with Crippen LogP contribution in [0.4, 0.5) is 11.4 Å². The first kappa shape index (κ1) is 16.9. The predicted molar refractivity (Wildman–Crippen MR) is 83.4 cm³/mol. The highest BCUT2D eigenvalue weighted by Crippen LogP contribution is 2.39. The third-order valence-corrected chi connectivity index (χ3v) is 5.24. The fourth-order valence-electron chi connectivity index (χ4n) is 1.81. The molecule has 10 heteroatoms. The van der Waals surface area contributed by atoms with E-state index in [4.69, 9.17) is 0 Å². The van der Waals surface area contributed by atoms with E-state index in [1.54, 1.807) is 12.1 Å². The third kappa shape index (κ3) is 3.85. The molecule has 0 aliphatic carbocycles. The van der Waals surface area contributed by atoms with E-state index in [9.17, 15) is 28.6 Å². The van der Waals surface area contributed by atoms with Crippen LogP contribution in [0.5, 0.6) is 0 Å². The van der Waals surface area contributed by atoms with Crippen LogP contribution in [0.1, 0.15) is 0 Å². The summed E-state index contributed by atoms with van der Waals surface area (Å²) in [4.78, 5) is 20.9. The number of non-ortho nitro benzene ring substituents is 1. The van der Waals surface area contributed by atoms with Gasteiger partial charge in [0.25, 0.3) is 11.4 Å². The zero-order valence-corrected chi connectivity index (χ0v) is 13.3. The quantitative estimate of drug-likeness (QED) is 0.597. The van der Waals surface area contributed by atoms with E-state index in [2.05, 4.69) is 0 Å². The SMILES string of the molecule is CS(=O)(=O)c1ccccc1Sc1ccc([N+](=O)[O-])cc1[N+](=O)[O-]. The molecular weight excluding hydrogens is 344 g/mol. The third-order valence-electron chi connectivity index (χ3n) is 2.82. The second-order valence-electron chi connectivity index (χ2n) is 4.49. The summed E-state index contributed by atoms with van der Waals surface area (Å²) in [6.07, 6.45) is 1.04. The van der Waals surface area contributed by atoms with Crippen LogP contribution in [-0.4, -0.2) is 24.5 Å². The maximum absolute atomic E-state index is 11.8. The summed E-state index contributed by atoms with van der Waals surface area (Å²) in [7, 11) is -3.51. The van der Waals surface area contributed by atoms with Crippen LogP contribution in [0, 0.1) is 20.2 Å². The predicted octanol–water partition coefficient (Wildman–Crippen LogP) is 3.06. The van der Waals surface area contributed by atoms with Crippen molar-refractivity contribution in [1.29, 1.82) is 0 Å². The van der Waals surface area contributed by atoms with Crippen LogP contribution in [0.2, 0.25) is 0 Å². The molecule has 2 aromatic carbocycles. The van der Waals surface area contributed by atoms with Gasteiger partial charge < -0.3 is 0 Å². The second-order valence-corrected chi connectivity index (χ2v) is 7.56. The summed E-state index contributed by atoms with van der Waals surface area (Å²) >= 11 is 0.873. The lowest BCUT2D eigenvalue weighted by Gasteiger charge is -2.07. The molecular formula is C13H10N2O6S2. The summed E-state index contributed by atoms with van der Waals surface area (Å²) in [5, 5.41) is 21.8. The molecule has 0 spiro atoms. The van der Waals surface area contributed by atoms with E-state index >= 15 is 0 Å². The minimum absolute atomic E-state index is 0.0395. The van der Waals surface area contributed by atoms with Crippen molar-refractivity contribution in [3.8, 4) is 0 Å². The zero-order valence-electron chi connectivity index (χ0n) is 11.7. The minimum Gasteiger partial charge on any atom is -0.258 e. The van der Waals surface area contributed by atoms with E-state index in [0.717, 1.165) is 30.2 Å². The molecule has 120 valence electrons. The summed E-state index contributed by atoms with van der Waals surface area (Å²) in [6.45, 7) is 0. The van der Waals surface area contributed by atoms with Gasteiger partial charge >= 0.3 is 0 Å². The van der Waals surface area contributed by atoms with Gasteiger partial charge in [0.1, 0.15) is 0 Å². The molecule has 0 atom stereocenters. The Morgan fingerprint density at radius 3 is 2.17 bits per heavy atom. The zero-order chi connectivity index (χ0) is 17.2. The van der Waals surface area contributed by atoms with Crippen LogP contribution < -0.4 is 0 Å². The molecule has 2 aromatic rings. The molecule has 23 heavy (non-hydrogen) atoms. The maximum Gasteiger partial charge on any atom is 0.290 e. The van der Waals surface area contributed by atoms with Crippen LogP contribution in [0.3, 0.4) is 0 Å². The summed E-state index contributed by atoms with van der Waals surface area (Å²) in [5.74, 6) is 0. The van der Waals surface area contributed by atoms with Gasteiger partial charge in [-0.05, 0) is 18.2 Å². The first-order valence-electron chi connectivity index (χ1n) is 6.10. The van der Waals surface area contributed by atoms with Crippen LogP contribution in [-0.2, 0) is 9.84 Å². The van der Waals surface area contributed by atoms with Gasteiger partial charge in [-0.1, -0.05) is 23.9 Å². The lowest BCUT2D eigenvalue weighted by molar-refractivity contribution is -0.396. The molecule has 0 amide bonds.